The van der Waals surface area contributed by atoms with Gasteiger partial charge in [-0.25, -0.2) is 0 Å². The summed E-state index contributed by atoms with van der Waals surface area (Å²) in [6, 6.07) is 8.15. The number of unbranched alkanes of at least 4 members (excludes halogenated alkanes) is 3. The molecule has 0 radical (unpaired) electrons. The van der Waals surface area contributed by atoms with Gasteiger partial charge >= 0.3 is 11.9 Å². The fourth-order valence-corrected chi connectivity index (χ4v) is 6.94. The zero-order chi connectivity index (χ0) is 41.6. The minimum Gasteiger partial charge on any atom is -0.498 e. The predicted octanol–water partition coefficient (Wildman–Crippen LogP) is 11.4. The van der Waals surface area contributed by atoms with Crippen LogP contribution >= 0.6 is 0 Å². The summed E-state index contributed by atoms with van der Waals surface area (Å²) in [7, 11) is 0. The molecule has 1 aromatic rings. The van der Waals surface area contributed by atoms with Crippen molar-refractivity contribution >= 4 is 11.9 Å². The number of aliphatic hydroxyl groups is 3. The van der Waals surface area contributed by atoms with Crippen LogP contribution in [-0.2, 0) is 30.4 Å². The van der Waals surface area contributed by atoms with Crippen molar-refractivity contribution in [2.75, 3.05) is 13.2 Å². The molecule has 3 aliphatic rings. The van der Waals surface area contributed by atoms with Gasteiger partial charge in [-0.15, -0.1) is 0 Å². The Bertz CT molecular complexity index is 1110. The van der Waals surface area contributed by atoms with Gasteiger partial charge in [-0.1, -0.05) is 112 Å². The van der Waals surface area contributed by atoms with Crippen LogP contribution in [0.15, 0.2) is 35.6 Å². The number of carbonyl (C=O) groups excluding carboxylic acids is 2. The van der Waals surface area contributed by atoms with Gasteiger partial charge in [-0.2, -0.15) is 0 Å². The Hall–Kier alpha value is -2.42. The zero-order valence-electron chi connectivity index (χ0n) is 36.9. The molecule has 4 rings (SSSR count). The largest absolute Gasteiger partial charge is 0.498 e. The molecular weight excluding hydrogens is 693 g/mol. The quantitative estimate of drug-likeness (QED) is 0.0969. The Labute approximate surface area is 337 Å². The van der Waals surface area contributed by atoms with Crippen molar-refractivity contribution < 1.29 is 39.1 Å². The summed E-state index contributed by atoms with van der Waals surface area (Å²) in [6.45, 7) is 22.6. The molecule has 0 bridgehead atoms. The van der Waals surface area contributed by atoms with E-state index < -0.39 is 6.10 Å². The third kappa shape index (κ3) is 22.8. The number of hydrogen-bond donors (Lipinski definition) is 3. The second-order valence-electron chi connectivity index (χ2n) is 15.4. The van der Waals surface area contributed by atoms with Crippen molar-refractivity contribution in [1.82, 2.24) is 0 Å². The minimum atomic E-state index is -0.528. The molecular formula is C47H84O8. The maximum atomic E-state index is 12.0. The molecule has 2 unspecified atom stereocenters. The third-order valence-electron chi connectivity index (χ3n) is 10.4. The van der Waals surface area contributed by atoms with Crippen LogP contribution in [0, 0.1) is 17.8 Å². The molecule has 0 spiro atoms. The topological polar surface area (TPSA) is 123 Å². The summed E-state index contributed by atoms with van der Waals surface area (Å²) in [5.41, 5.74) is 3.58. The standard InChI is InChI=1S/C17H24O3.C14H26O2.C12H22O3.2C2H6/c1-12(2)14-9-7-13(8-10-14)11-20-17(19)15-5-3-4-6-16(15)18;1-4-5-10-16-14(11(2)3)12-6-8-13(15)9-7-12;1-2-3-4-9-15-12(14)10-5-7-11(13)8-6-10;2*1-2/h7-10,12,15-16,18H,3-6,11H2,1-2H3;12-13,15H,4-10H2,1-3H3;10-11,13H,2-9H2,1H3;2*1-2H3. The Morgan fingerprint density at radius 1 is 0.636 bits per heavy atom. The first-order valence-corrected chi connectivity index (χ1v) is 22.2. The molecule has 0 saturated heterocycles. The normalized spacial score (nSPS) is 23.0. The lowest BCUT2D eigenvalue weighted by Crippen LogP contribution is -2.32. The van der Waals surface area contributed by atoms with Gasteiger partial charge in [0, 0.05) is 5.92 Å². The highest BCUT2D eigenvalue weighted by Crippen LogP contribution is 2.32. The molecule has 0 heterocycles. The van der Waals surface area contributed by atoms with E-state index in [-0.39, 0.29) is 36.0 Å². The van der Waals surface area contributed by atoms with E-state index in [4.69, 9.17) is 14.2 Å². The monoisotopic (exact) mass is 777 g/mol. The summed E-state index contributed by atoms with van der Waals surface area (Å²) in [5, 5.41) is 28.6. The second kappa shape index (κ2) is 32.6. The van der Waals surface area contributed by atoms with E-state index in [1.807, 2.05) is 39.8 Å². The molecule has 2 atom stereocenters. The molecule has 55 heavy (non-hydrogen) atoms. The number of ether oxygens (including phenoxy) is 3. The maximum absolute atomic E-state index is 12.0. The van der Waals surface area contributed by atoms with Crippen molar-refractivity contribution in [2.45, 2.75) is 209 Å². The number of rotatable bonds is 14. The van der Waals surface area contributed by atoms with Crippen LogP contribution in [0.25, 0.3) is 0 Å². The van der Waals surface area contributed by atoms with Gasteiger partial charge in [-0.05, 0) is 114 Å². The van der Waals surface area contributed by atoms with Gasteiger partial charge in [0.15, 0.2) is 0 Å². The first-order chi connectivity index (χ1) is 26.5. The van der Waals surface area contributed by atoms with Gasteiger partial charge in [-0.3, -0.25) is 9.59 Å². The van der Waals surface area contributed by atoms with Crippen LogP contribution in [0.2, 0.25) is 0 Å². The van der Waals surface area contributed by atoms with E-state index in [2.05, 4.69) is 53.7 Å². The minimum absolute atomic E-state index is 0.0371. The summed E-state index contributed by atoms with van der Waals surface area (Å²) in [5.74, 6) is 1.63. The summed E-state index contributed by atoms with van der Waals surface area (Å²) in [6.07, 6.45) is 15.3. The summed E-state index contributed by atoms with van der Waals surface area (Å²) >= 11 is 0. The van der Waals surface area contributed by atoms with Gasteiger partial charge in [0.1, 0.15) is 6.61 Å². The first kappa shape index (κ1) is 52.6. The summed E-state index contributed by atoms with van der Waals surface area (Å²) in [4.78, 5) is 23.5. The SMILES string of the molecule is CC.CC.CC(C)c1ccc(COC(=O)C2CCCCC2O)cc1.CCCCCOC(=O)C1CCC(O)CC1.CCCCOC(=C(C)C)C1CCC(O)CC1. The Morgan fingerprint density at radius 3 is 1.64 bits per heavy atom. The number of benzene rings is 1. The molecule has 3 N–H and O–H groups in total. The van der Waals surface area contributed by atoms with E-state index in [0.717, 1.165) is 108 Å². The van der Waals surface area contributed by atoms with Crippen LogP contribution in [0.1, 0.15) is 195 Å². The lowest BCUT2D eigenvalue weighted by atomic mass is 9.85. The molecule has 1 aromatic carbocycles. The highest BCUT2D eigenvalue weighted by molar-refractivity contribution is 5.73. The molecule has 3 saturated carbocycles. The van der Waals surface area contributed by atoms with Crippen LogP contribution in [0.4, 0.5) is 0 Å². The van der Waals surface area contributed by atoms with E-state index in [1.54, 1.807) is 0 Å². The lowest BCUT2D eigenvalue weighted by molar-refractivity contribution is -0.155. The molecule has 3 fully saturated rings. The smallest absolute Gasteiger partial charge is 0.311 e. The maximum Gasteiger partial charge on any atom is 0.311 e. The van der Waals surface area contributed by atoms with Gasteiger partial charge in [0.05, 0.1) is 49.1 Å². The molecule has 3 aliphatic carbocycles. The fourth-order valence-electron chi connectivity index (χ4n) is 6.94. The average molecular weight is 777 g/mol. The van der Waals surface area contributed by atoms with Crippen LogP contribution in [0.5, 0.6) is 0 Å². The van der Waals surface area contributed by atoms with Crippen LogP contribution < -0.4 is 0 Å². The molecule has 0 amide bonds. The third-order valence-corrected chi connectivity index (χ3v) is 10.4. The molecule has 8 nitrogen and oxygen atoms in total. The van der Waals surface area contributed by atoms with Crippen molar-refractivity contribution in [1.29, 1.82) is 0 Å². The van der Waals surface area contributed by atoms with Crippen LogP contribution in [-0.4, -0.2) is 58.8 Å². The van der Waals surface area contributed by atoms with Gasteiger partial charge in [0.2, 0.25) is 0 Å². The predicted molar refractivity (Wildman–Crippen MR) is 227 cm³/mol. The number of allylic oxidation sites excluding steroid dienone is 2. The molecule has 8 heteroatoms. The second-order valence-corrected chi connectivity index (χ2v) is 15.4. The fraction of sp³-hybridized carbons (Fsp3) is 0.787. The van der Waals surface area contributed by atoms with E-state index in [9.17, 15) is 24.9 Å². The molecule has 0 aliphatic heterocycles. The Morgan fingerprint density at radius 2 is 1.15 bits per heavy atom. The van der Waals surface area contributed by atoms with E-state index in [0.29, 0.717) is 31.5 Å². The lowest BCUT2D eigenvalue weighted by Gasteiger charge is -2.28. The number of esters is 2. The average Bonchev–Trinajstić information content (AvgIpc) is 3.20. The number of carbonyl (C=O) groups is 2. The molecule has 320 valence electrons. The van der Waals surface area contributed by atoms with Crippen molar-refractivity contribution in [3.8, 4) is 0 Å². The van der Waals surface area contributed by atoms with Crippen LogP contribution in [0.3, 0.4) is 0 Å². The Kier molecular flexibility index (Phi) is 31.2. The number of hydrogen-bond acceptors (Lipinski definition) is 8. The molecule has 0 aromatic heterocycles. The highest BCUT2D eigenvalue weighted by Gasteiger charge is 2.31. The van der Waals surface area contributed by atoms with Crippen molar-refractivity contribution in [3.63, 3.8) is 0 Å². The summed E-state index contributed by atoms with van der Waals surface area (Å²) < 4.78 is 16.5. The van der Waals surface area contributed by atoms with Gasteiger partial charge < -0.3 is 29.5 Å². The first-order valence-electron chi connectivity index (χ1n) is 22.2. The van der Waals surface area contributed by atoms with E-state index >= 15 is 0 Å². The highest BCUT2D eigenvalue weighted by atomic mass is 16.5. The van der Waals surface area contributed by atoms with Crippen molar-refractivity contribution in [3.05, 3.63) is 46.7 Å². The van der Waals surface area contributed by atoms with Gasteiger partial charge in [0.25, 0.3) is 0 Å². The zero-order valence-corrected chi connectivity index (χ0v) is 36.9. The van der Waals surface area contributed by atoms with E-state index in [1.165, 1.54) is 23.3 Å². The number of aliphatic hydroxyl groups excluding tert-OH is 3. The Balaban J connectivity index is 0.000000768. The van der Waals surface area contributed by atoms with Crippen molar-refractivity contribution in [2.24, 2.45) is 17.8 Å².